The van der Waals surface area contributed by atoms with Crippen LogP contribution in [0.3, 0.4) is 0 Å². The van der Waals surface area contributed by atoms with Gasteiger partial charge in [0, 0.05) is 6.42 Å². The molecular formula is C10H14O2. The van der Waals surface area contributed by atoms with Crippen LogP contribution in [-0.4, -0.2) is 13.1 Å². The summed E-state index contributed by atoms with van der Waals surface area (Å²) in [4.78, 5) is 10.8. The molecule has 66 valence electrons. The molecule has 0 heterocycles. The van der Waals surface area contributed by atoms with Crippen molar-refractivity contribution in [1.29, 1.82) is 0 Å². The molecule has 0 rings (SSSR count). The van der Waals surface area contributed by atoms with Gasteiger partial charge in [0.1, 0.15) is 5.57 Å². The number of esters is 1. The van der Waals surface area contributed by atoms with E-state index in [0.717, 1.165) is 19.3 Å². The Bertz CT molecular complexity index is 218. The van der Waals surface area contributed by atoms with Crippen molar-refractivity contribution in [2.24, 2.45) is 0 Å². The van der Waals surface area contributed by atoms with Crippen LogP contribution >= 0.6 is 0 Å². The van der Waals surface area contributed by atoms with Crippen molar-refractivity contribution in [1.82, 2.24) is 0 Å². The second-order valence-electron chi connectivity index (χ2n) is 2.38. The van der Waals surface area contributed by atoms with Crippen LogP contribution in [0.1, 0.15) is 26.2 Å². The van der Waals surface area contributed by atoms with E-state index in [0.29, 0.717) is 0 Å². The predicted octanol–water partition coefficient (Wildman–Crippen LogP) is 1.91. The third kappa shape index (κ3) is 4.56. The predicted molar refractivity (Wildman–Crippen MR) is 48.5 cm³/mol. The minimum Gasteiger partial charge on any atom is -0.465 e. The van der Waals surface area contributed by atoms with E-state index in [1.807, 2.05) is 0 Å². The van der Waals surface area contributed by atoms with Crippen LogP contribution in [0.5, 0.6) is 0 Å². The van der Waals surface area contributed by atoms with Crippen LogP contribution in [0.25, 0.3) is 0 Å². The molecule has 0 aromatic rings. The number of carbonyl (C=O) groups excluding carboxylic acids is 1. The standard InChI is InChI=1S/C10H14O2/c1-4-5-6-7-8-9(2)10(11)12-3/h2,4-6H2,1,3H3. The first-order valence-electron chi connectivity index (χ1n) is 3.98. The number of rotatable bonds is 3. The Morgan fingerprint density at radius 2 is 2.25 bits per heavy atom. The lowest BCUT2D eigenvalue weighted by atomic mass is 10.2. The Morgan fingerprint density at radius 3 is 2.75 bits per heavy atom. The van der Waals surface area contributed by atoms with Crippen molar-refractivity contribution in [3.8, 4) is 11.8 Å². The maximum atomic E-state index is 10.8. The van der Waals surface area contributed by atoms with Gasteiger partial charge in [0.2, 0.25) is 0 Å². The topological polar surface area (TPSA) is 26.3 Å². The number of unbranched alkanes of at least 4 members (excludes halogenated alkanes) is 2. The van der Waals surface area contributed by atoms with E-state index >= 15 is 0 Å². The van der Waals surface area contributed by atoms with Gasteiger partial charge in [-0.05, 0) is 6.42 Å². The van der Waals surface area contributed by atoms with Crippen molar-refractivity contribution < 1.29 is 9.53 Å². The molecule has 0 radical (unpaired) electrons. The molecule has 0 bridgehead atoms. The van der Waals surface area contributed by atoms with Crippen LogP contribution < -0.4 is 0 Å². The molecule has 0 spiro atoms. The van der Waals surface area contributed by atoms with Gasteiger partial charge in [-0.15, -0.1) is 0 Å². The quantitative estimate of drug-likeness (QED) is 0.277. The number of carbonyl (C=O) groups is 1. The molecule has 0 unspecified atom stereocenters. The number of hydrogen-bond acceptors (Lipinski definition) is 2. The van der Waals surface area contributed by atoms with Crippen molar-refractivity contribution >= 4 is 5.97 Å². The summed E-state index contributed by atoms with van der Waals surface area (Å²) in [6.45, 7) is 5.57. The Labute approximate surface area is 73.6 Å². The molecule has 0 saturated carbocycles. The van der Waals surface area contributed by atoms with Crippen molar-refractivity contribution in [2.45, 2.75) is 26.2 Å². The maximum absolute atomic E-state index is 10.8. The lowest BCUT2D eigenvalue weighted by Crippen LogP contribution is -2.00. The first kappa shape index (κ1) is 10.8. The van der Waals surface area contributed by atoms with Crippen LogP contribution in [0.15, 0.2) is 12.2 Å². The molecule has 12 heavy (non-hydrogen) atoms. The molecule has 2 nitrogen and oxygen atoms in total. The fraction of sp³-hybridized carbons (Fsp3) is 0.500. The highest BCUT2D eigenvalue weighted by atomic mass is 16.5. The lowest BCUT2D eigenvalue weighted by molar-refractivity contribution is -0.135. The SMILES string of the molecule is C=C(C#CCCCC)C(=O)OC. The lowest BCUT2D eigenvalue weighted by Gasteiger charge is -1.92. The van der Waals surface area contributed by atoms with E-state index in [1.165, 1.54) is 7.11 Å². The molecule has 0 saturated heterocycles. The van der Waals surface area contributed by atoms with Gasteiger partial charge >= 0.3 is 5.97 Å². The van der Waals surface area contributed by atoms with Crippen molar-refractivity contribution in [3.05, 3.63) is 12.2 Å². The molecule has 2 heteroatoms. The van der Waals surface area contributed by atoms with Crippen LogP contribution in [0, 0.1) is 11.8 Å². The fourth-order valence-corrected chi connectivity index (χ4v) is 0.609. The van der Waals surface area contributed by atoms with Gasteiger partial charge in [0.25, 0.3) is 0 Å². The summed E-state index contributed by atoms with van der Waals surface area (Å²) in [7, 11) is 1.32. The van der Waals surface area contributed by atoms with Crippen molar-refractivity contribution in [3.63, 3.8) is 0 Å². The first-order valence-corrected chi connectivity index (χ1v) is 3.98. The van der Waals surface area contributed by atoms with E-state index in [1.54, 1.807) is 0 Å². The van der Waals surface area contributed by atoms with Gasteiger partial charge in [-0.1, -0.05) is 31.8 Å². The van der Waals surface area contributed by atoms with Crippen LogP contribution in [0.4, 0.5) is 0 Å². The van der Waals surface area contributed by atoms with Gasteiger partial charge < -0.3 is 4.74 Å². The number of hydrogen-bond donors (Lipinski definition) is 0. The Kier molecular flexibility index (Phi) is 5.81. The maximum Gasteiger partial charge on any atom is 0.345 e. The van der Waals surface area contributed by atoms with Crippen LogP contribution in [-0.2, 0) is 9.53 Å². The summed E-state index contributed by atoms with van der Waals surface area (Å²) < 4.78 is 4.43. The summed E-state index contributed by atoms with van der Waals surface area (Å²) in [5, 5.41) is 0. The molecule has 0 amide bonds. The summed E-state index contributed by atoms with van der Waals surface area (Å²) >= 11 is 0. The molecule has 0 aromatic carbocycles. The molecule has 0 atom stereocenters. The Morgan fingerprint density at radius 1 is 1.58 bits per heavy atom. The van der Waals surface area contributed by atoms with Gasteiger partial charge in [-0.2, -0.15) is 0 Å². The van der Waals surface area contributed by atoms with Gasteiger partial charge in [-0.3, -0.25) is 0 Å². The minimum absolute atomic E-state index is 0.230. The highest BCUT2D eigenvalue weighted by molar-refractivity contribution is 5.92. The highest BCUT2D eigenvalue weighted by Gasteiger charge is 2.00. The zero-order valence-corrected chi connectivity index (χ0v) is 7.64. The summed E-state index contributed by atoms with van der Waals surface area (Å²) in [5.74, 6) is 5.05. The monoisotopic (exact) mass is 166 g/mol. The third-order valence-electron chi connectivity index (χ3n) is 1.33. The molecule has 0 aliphatic rings. The number of ether oxygens (including phenoxy) is 1. The average molecular weight is 166 g/mol. The number of methoxy groups -OCH3 is 1. The fourth-order valence-electron chi connectivity index (χ4n) is 0.609. The summed E-state index contributed by atoms with van der Waals surface area (Å²) in [6, 6.07) is 0. The molecule has 0 N–H and O–H groups in total. The third-order valence-corrected chi connectivity index (χ3v) is 1.33. The highest BCUT2D eigenvalue weighted by Crippen LogP contribution is 1.94. The summed E-state index contributed by atoms with van der Waals surface area (Å²) in [6.07, 6.45) is 2.98. The Balaban J connectivity index is 3.79. The van der Waals surface area contributed by atoms with E-state index in [-0.39, 0.29) is 5.57 Å². The van der Waals surface area contributed by atoms with Gasteiger partial charge in [-0.25, -0.2) is 4.79 Å². The first-order chi connectivity index (χ1) is 5.72. The molecule has 0 aliphatic carbocycles. The normalized spacial score (nSPS) is 8.17. The second kappa shape index (κ2) is 6.48. The van der Waals surface area contributed by atoms with Gasteiger partial charge in [0.15, 0.2) is 0 Å². The van der Waals surface area contributed by atoms with E-state index in [4.69, 9.17) is 0 Å². The molecule has 0 fully saturated rings. The van der Waals surface area contributed by atoms with Gasteiger partial charge in [0.05, 0.1) is 7.11 Å². The zero-order chi connectivity index (χ0) is 9.40. The minimum atomic E-state index is -0.445. The van der Waals surface area contributed by atoms with E-state index in [2.05, 4.69) is 30.1 Å². The Hall–Kier alpha value is -1.23. The second-order valence-corrected chi connectivity index (χ2v) is 2.38. The molecule has 0 aliphatic heterocycles. The summed E-state index contributed by atoms with van der Waals surface area (Å²) in [5.41, 5.74) is 0.230. The van der Waals surface area contributed by atoms with Crippen LogP contribution in [0.2, 0.25) is 0 Å². The molecule has 0 aromatic heterocycles. The zero-order valence-electron chi connectivity index (χ0n) is 7.64. The molecular weight excluding hydrogens is 152 g/mol. The smallest absolute Gasteiger partial charge is 0.345 e. The van der Waals surface area contributed by atoms with E-state index < -0.39 is 5.97 Å². The average Bonchev–Trinajstić information content (AvgIpc) is 2.10. The van der Waals surface area contributed by atoms with E-state index in [9.17, 15) is 4.79 Å². The van der Waals surface area contributed by atoms with Crippen molar-refractivity contribution in [2.75, 3.05) is 7.11 Å². The largest absolute Gasteiger partial charge is 0.465 e.